The molecule has 108 valence electrons. The number of nitrogens with one attached hydrogen (secondary N) is 1. The zero-order valence-corrected chi connectivity index (χ0v) is 14.6. The zero-order chi connectivity index (χ0) is 14.5. The van der Waals surface area contributed by atoms with Crippen molar-refractivity contribution >= 4 is 27.3 Å². The van der Waals surface area contributed by atoms with Gasteiger partial charge < -0.3 is 5.32 Å². The van der Waals surface area contributed by atoms with Crippen LogP contribution in [0.15, 0.2) is 28.7 Å². The smallest absolute Gasteiger partial charge is 0.0975 e. The van der Waals surface area contributed by atoms with Crippen LogP contribution < -0.4 is 5.32 Å². The minimum Gasteiger partial charge on any atom is -0.309 e. The Bertz CT molecular complexity index is 565. The second-order valence-electron chi connectivity index (χ2n) is 5.00. The van der Waals surface area contributed by atoms with Crippen molar-refractivity contribution in [3.63, 3.8) is 0 Å². The highest BCUT2D eigenvalue weighted by Crippen LogP contribution is 2.28. The molecule has 2 aromatic rings. The molecule has 0 spiro atoms. The first kappa shape index (κ1) is 15.7. The first-order chi connectivity index (χ1) is 9.61. The minimum absolute atomic E-state index is 0.389. The van der Waals surface area contributed by atoms with Crippen molar-refractivity contribution < 1.29 is 0 Å². The quantitative estimate of drug-likeness (QED) is 0.802. The van der Waals surface area contributed by atoms with Gasteiger partial charge in [0.15, 0.2) is 0 Å². The summed E-state index contributed by atoms with van der Waals surface area (Å²) in [6.45, 7) is 7.58. The molecule has 1 aromatic heterocycles. The summed E-state index contributed by atoms with van der Waals surface area (Å²) in [5.41, 5.74) is 2.45. The third-order valence-corrected chi connectivity index (χ3v) is 5.38. The van der Waals surface area contributed by atoms with E-state index in [2.05, 4.69) is 60.2 Å². The van der Waals surface area contributed by atoms with Gasteiger partial charge in [0.2, 0.25) is 0 Å². The molecule has 2 nitrogen and oxygen atoms in total. The lowest BCUT2D eigenvalue weighted by Crippen LogP contribution is -2.18. The van der Waals surface area contributed by atoms with Crippen molar-refractivity contribution in [3.05, 3.63) is 49.9 Å². The van der Waals surface area contributed by atoms with Crippen LogP contribution in [0.1, 0.15) is 47.5 Å². The van der Waals surface area contributed by atoms with Gasteiger partial charge in [-0.3, -0.25) is 0 Å². The van der Waals surface area contributed by atoms with Gasteiger partial charge in [-0.15, -0.1) is 11.3 Å². The highest BCUT2D eigenvalue weighted by Gasteiger charge is 2.14. The molecule has 0 saturated carbocycles. The van der Waals surface area contributed by atoms with Crippen LogP contribution in [0.2, 0.25) is 0 Å². The number of hydrogen-bond donors (Lipinski definition) is 1. The Morgan fingerprint density at radius 2 is 2.10 bits per heavy atom. The predicted octanol–water partition coefficient (Wildman–Crippen LogP) is 4.87. The lowest BCUT2D eigenvalue weighted by atomic mass is 10.2. The molecule has 0 fully saturated rings. The van der Waals surface area contributed by atoms with E-state index in [-0.39, 0.29) is 0 Å². The molecule has 0 aliphatic heterocycles. The number of nitrogens with zero attached hydrogens (tertiary/aromatic N) is 1. The number of hydrogen-bond acceptors (Lipinski definition) is 3. The molecular weight excluding hydrogens is 332 g/mol. The summed E-state index contributed by atoms with van der Waals surface area (Å²) in [6.07, 6.45) is 2.05. The Labute approximate surface area is 133 Å². The first-order valence-electron chi connectivity index (χ1n) is 7.04. The van der Waals surface area contributed by atoms with Crippen molar-refractivity contribution in [1.82, 2.24) is 10.3 Å². The fourth-order valence-electron chi connectivity index (χ4n) is 2.20. The molecule has 0 bridgehead atoms. The Morgan fingerprint density at radius 1 is 1.35 bits per heavy atom. The van der Waals surface area contributed by atoms with E-state index in [4.69, 9.17) is 4.98 Å². The molecule has 1 atom stereocenters. The maximum absolute atomic E-state index is 4.73. The molecular formula is C16H21BrN2S. The van der Waals surface area contributed by atoms with E-state index < -0.39 is 0 Å². The number of rotatable bonds is 6. The average molecular weight is 353 g/mol. The molecule has 1 N–H and O–H groups in total. The van der Waals surface area contributed by atoms with Crippen LogP contribution in [0.3, 0.4) is 0 Å². The molecule has 0 aliphatic rings. The third-order valence-electron chi connectivity index (χ3n) is 3.27. The maximum atomic E-state index is 4.73. The summed E-state index contributed by atoms with van der Waals surface area (Å²) in [5, 5.41) is 4.73. The molecule has 2 rings (SSSR count). The van der Waals surface area contributed by atoms with Crippen LogP contribution in [-0.4, -0.2) is 11.5 Å². The number of benzene rings is 1. The number of thiazole rings is 1. The summed E-state index contributed by atoms with van der Waals surface area (Å²) in [6, 6.07) is 8.75. The van der Waals surface area contributed by atoms with Gasteiger partial charge in [0.25, 0.3) is 0 Å². The molecule has 1 unspecified atom stereocenters. The lowest BCUT2D eigenvalue weighted by molar-refractivity contribution is 0.575. The third kappa shape index (κ3) is 3.90. The van der Waals surface area contributed by atoms with Gasteiger partial charge in [0, 0.05) is 21.8 Å². The SMILES string of the molecule is CCCNC(C)c1sc(Cc2ccccc2Br)nc1C. The maximum Gasteiger partial charge on any atom is 0.0975 e. The summed E-state index contributed by atoms with van der Waals surface area (Å²) < 4.78 is 1.16. The van der Waals surface area contributed by atoms with Gasteiger partial charge in [0.1, 0.15) is 0 Å². The van der Waals surface area contributed by atoms with Crippen LogP contribution in [0.5, 0.6) is 0 Å². The number of aryl methyl sites for hydroxylation is 1. The fraction of sp³-hybridized carbons (Fsp3) is 0.438. The second kappa shape index (κ2) is 7.34. The molecule has 0 radical (unpaired) electrons. The van der Waals surface area contributed by atoms with Gasteiger partial charge in [0.05, 0.1) is 10.7 Å². The van der Waals surface area contributed by atoms with E-state index in [9.17, 15) is 0 Å². The van der Waals surface area contributed by atoms with E-state index >= 15 is 0 Å². The highest BCUT2D eigenvalue weighted by atomic mass is 79.9. The van der Waals surface area contributed by atoms with Crippen molar-refractivity contribution in [2.75, 3.05) is 6.54 Å². The summed E-state index contributed by atoms with van der Waals surface area (Å²) in [5.74, 6) is 0. The molecule has 0 saturated heterocycles. The first-order valence-corrected chi connectivity index (χ1v) is 8.65. The topological polar surface area (TPSA) is 24.9 Å². The van der Waals surface area contributed by atoms with Crippen LogP contribution >= 0.6 is 27.3 Å². The van der Waals surface area contributed by atoms with E-state index in [1.807, 2.05) is 17.4 Å². The van der Waals surface area contributed by atoms with Crippen molar-refractivity contribution in [1.29, 1.82) is 0 Å². The van der Waals surface area contributed by atoms with Gasteiger partial charge >= 0.3 is 0 Å². The second-order valence-corrected chi connectivity index (χ2v) is 6.97. The van der Waals surface area contributed by atoms with Crippen LogP contribution in [-0.2, 0) is 6.42 Å². The Kier molecular flexibility index (Phi) is 5.75. The molecule has 1 heterocycles. The van der Waals surface area contributed by atoms with E-state index in [1.165, 1.54) is 15.4 Å². The standard InChI is InChI=1S/C16H21BrN2S/c1-4-9-18-11(2)16-12(3)19-15(20-16)10-13-7-5-6-8-14(13)17/h5-8,11,18H,4,9-10H2,1-3H3. The Hall–Kier alpha value is -0.710. The van der Waals surface area contributed by atoms with Gasteiger partial charge in [-0.05, 0) is 38.4 Å². The van der Waals surface area contributed by atoms with E-state index in [0.29, 0.717) is 6.04 Å². The molecule has 1 aromatic carbocycles. The lowest BCUT2D eigenvalue weighted by Gasteiger charge is -2.11. The van der Waals surface area contributed by atoms with Crippen molar-refractivity contribution in [2.45, 2.75) is 39.7 Å². The summed E-state index contributed by atoms with van der Waals surface area (Å²) in [4.78, 5) is 6.10. The summed E-state index contributed by atoms with van der Waals surface area (Å²) >= 11 is 5.43. The van der Waals surface area contributed by atoms with Crippen LogP contribution in [0.25, 0.3) is 0 Å². The van der Waals surface area contributed by atoms with Crippen LogP contribution in [0.4, 0.5) is 0 Å². The van der Waals surface area contributed by atoms with Crippen LogP contribution in [0, 0.1) is 6.92 Å². The average Bonchev–Trinajstić information content (AvgIpc) is 2.79. The van der Waals surface area contributed by atoms with Gasteiger partial charge in [-0.2, -0.15) is 0 Å². The van der Waals surface area contributed by atoms with E-state index in [0.717, 1.165) is 29.6 Å². The molecule has 0 aliphatic carbocycles. The largest absolute Gasteiger partial charge is 0.309 e. The monoisotopic (exact) mass is 352 g/mol. The van der Waals surface area contributed by atoms with E-state index in [1.54, 1.807) is 0 Å². The van der Waals surface area contributed by atoms with Crippen molar-refractivity contribution in [2.24, 2.45) is 0 Å². The molecule has 20 heavy (non-hydrogen) atoms. The zero-order valence-electron chi connectivity index (χ0n) is 12.2. The molecule has 0 amide bonds. The normalized spacial score (nSPS) is 12.6. The molecule has 4 heteroatoms. The number of halogens is 1. The highest BCUT2D eigenvalue weighted by molar-refractivity contribution is 9.10. The Balaban J connectivity index is 2.13. The van der Waals surface area contributed by atoms with Crippen molar-refractivity contribution in [3.8, 4) is 0 Å². The van der Waals surface area contributed by atoms with Gasteiger partial charge in [-0.1, -0.05) is 41.1 Å². The van der Waals surface area contributed by atoms with Gasteiger partial charge in [-0.25, -0.2) is 4.98 Å². The Morgan fingerprint density at radius 3 is 2.80 bits per heavy atom. The fourth-order valence-corrected chi connectivity index (χ4v) is 3.74. The predicted molar refractivity (Wildman–Crippen MR) is 90.5 cm³/mol. The minimum atomic E-state index is 0.389. The number of aromatic nitrogens is 1. The summed E-state index contributed by atoms with van der Waals surface area (Å²) in [7, 11) is 0.